The highest BCUT2D eigenvalue weighted by molar-refractivity contribution is 6.40. The lowest BCUT2D eigenvalue weighted by Gasteiger charge is -2.10. The van der Waals surface area contributed by atoms with E-state index in [1.54, 1.807) is 14.0 Å². The number of ether oxygens (including phenoxy) is 2. The van der Waals surface area contributed by atoms with Gasteiger partial charge in [-0.3, -0.25) is 0 Å². The van der Waals surface area contributed by atoms with Crippen LogP contribution in [0.1, 0.15) is 18.5 Å². The van der Waals surface area contributed by atoms with Crippen molar-refractivity contribution in [1.29, 1.82) is 0 Å². The summed E-state index contributed by atoms with van der Waals surface area (Å²) in [6.07, 6.45) is 0. The fourth-order valence-electron chi connectivity index (χ4n) is 2.80. The maximum absolute atomic E-state index is 12.4. The van der Waals surface area contributed by atoms with Crippen molar-refractivity contribution in [1.82, 2.24) is 0 Å². The van der Waals surface area contributed by atoms with E-state index in [1.807, 2.05) is 59.5 Å². The summed E-state index contributed by atoms with van der Waals surface area (Å²) >= 11 is 6.67. The summed E-state index contributed by atoms with van der Waals surface area (Å²) in [5.74, 6) is 0.328. The van der Waals surface area contributed by atoms with Crippen LogP contribution in [-0.4, -0.2) is 24.7 Å². The molecule has 4 nitrogen and oxygen atoms in total. The van der Waals surface area contributed by atoms with Crippen LogP contribution in [0.2, 0.25) is 0 Å². The molecule has 120 valence electrons. The Bertz CT molecular complexity index is 689. The van der Waals surface area contributed by atoms with Crippen molar-refractivity contribution >= 4 is 23.3 Å². The van der Waals surface area contributed by atoms with E-state index < -0.39 is 11.0 Å². The summed E-state index contributed by atoms with van der Waals surface area (Å²) in [7, 11) is 1.61. The molecule has 0 saturated carbocycles. The molecule has 3 rings (SSSR count). The number of anilines is 1. The second-order valence-electron chi connectivity index (χ2n) is 5.28. The lowest BCUT2D eigenvalue weighted by atomic mass is 10.1. The third-order valence-electron chi connectivity index (χ3n) is 3.93. The highest BCUT2D eigenvalue weighted by Gasteiger charge is 2.69. The first-order valence-electron chi connectivity index (χ1n) is 7.47. The number of benzene rings is 2. The van der Waals surface area contributed by atoms with Gasteiger partial charge in [0, 0.05) is 5.69 Å². The molecule has 1 saturated heterocycles. The van der Waals surface area contributed by atoms with Crippen LogP contribution in [0, 0.1) is 0 Å². The highest BCUT2D eigenvalue weighted by Crippen LogP contribution is 2.59. The molecule has 1 heterocycles. The average molecular weight is 332 g/mol. The molecule has 0 aliphatic carbocycles. The summed E-state index contributed by atoms with van der Waals surface area (Å²) in [5.41, 5.74) is 1.83. The Morgan fingerprint density at radius 3 is 2.39 bits per heavy atom. The molecule has 1 fully saturated rings. The van der Waals surface area contributed by atoms with E-state index >= 15 is 0 Å². The maximum atomic E-state index is 12.4. The third-order valence-corrected chi connectivity index (χ3v) is 4.47. The Morgan fingerprint density at radius 1 is 1.17 bits per heavy atom. The van der Waals surface area contributed by atoms with E-state index in [-0.39, 0.29) is 6.04 Å². The molecule has 1 aliphatic heterocycles. The number of hydrogen-bond donors (Lipinski definition) is 0. The lowest BCUT2D eigenvalue weighted by molar-refractivity contribution is -0.143. The van der Waals surface area contributed by atoms with Gasteiger partial charge in [0.2, 0.25) is 5.00 Å². The fraction of sp³-hybridized carbons (Fsp3) is 0.278. The predicted octanol–water partition coefficient (Wildman–Crippen LogP) is 3.75. The normalized spacial score (nSPS) is 22.6. The zero-order chi connectivity index (χ0) is 16.4. The molecular weight excluding hydrogens is 314 g/mol. The molecule has 1 aliphatic rings. The summed E-state index contributed by atoms with van der Waals surface area (Å²) in [4.78, 5) is 13.1. The molecule has 0 N–H and O–H groups in total. The zero-order valence-electron chi connectivity index (χ0n) is 13.0. The minimum atomic E-state index is -1.20. The quantitative estimate of drug-likeness (QED) is 0.362. The Labute approximate surface area is 140 Å². The first-order chi connectivity index (χ1) is 11.1. The van der Waals surface area contributed by atoms with Crippen molar-refractivity contribution in [2.45, 2.75) is 18.0 Å². The monoisotopic (exact) mass is 331 g/mol. The molecule has 2 aromatic carbocycles. The van der Waals surface area contributed by atoms with Gasteiger partial charge in [-0.25, -0.2) is 4.79 Å². The van der Waals surface area contributed by atoms with Crippen LogP contribution >= 0.6 is 11.6 Å². The van der Waals surface area contributed by atoms with E-state index in [2.05, 4.69) is 0 Å². The van der Waals surface area contributed by atoms with Crippen LogP contribution in [0.4, 0.5) is 5.69 Å². The number of carbonyl (C=O) groups is 1. The van der Waals surface area contributed by atoms with Gasteiger partial charge in [-0.15, -0.1) is 0 Å². The standard InChI is InChI=1S/C18H18ClNO3/c1-3-23-17(21)18(19)16(13-7-5-4-6-8-13)20(18)14-9-11-15(22-2)12-10-14/h4-12,16H,3H2,1-2H3/t16-,18+,20?/m1/s1. The number of hydrogen-bond acceptors (Lipinski definition) is 4. The molecule has 5 heteroatoms. The van der Waals surface area contributed by atoms with Gasteiger partial charge in [-0.05, 0) is 36.8 Å². The summed E-state index contributed by atoms with van der Waals surface area (Å²) in [5, 5.41) is 0. The summed E-state index contributed by atoms with van der Waals surface area (Å²) < 4.78 is 10.4. The molecule has 2 aromatic rings. The first kappa shape index (κ1) is 15.7. The van der Waals surface area contributed by atoms with E-state index in [9.17, 15) is 4.79 Å². The first-order valence-corrected chi connectivity index (χ1v) is 7.85. The highest BCUT2D eigenvalue weighted by atomic mass is 35.5. The van der Waals surface area contributed by atoms with Crippen LogP contribution in [0.25, 0.3) is 0 Å². The van der Waals surface area contributed by atoms with Gasteiger partial charge in [0.1, 0.15) is 11.8 Å². The Morgan fingerprint density at radius 2 is 1.83 bits per heavy atom. The number of alkyl halides is 1. The summed E-state index contributed by atoms with van der Waals surface area (Å²) in [6.45, 7) is 2.07. The van der Waals surface area contributed by atoms with Crippen molar-refractivity contribution in [3.63, 3.8) is 0 Å². The Balaban J connectivity index is 1.96. The van der Waals surface area contributed by atoms with Crippen molar-refractivity contribution in [2.75, 3.05) is 18.6 Å². The number of nitrogens with zero attached hydrogens (tertiary/aromatic N) is 1. The SMILES string of the molecule is CCOC(=O)[C@]1(Cl)[C@@H](c2ccccc2)N1c1ccc(OC)cc1. The van der Waals surface area contributed by atoms with E-state index in [0.717, 1.165) is 17.0 Å². The minimum absolute atomic E-state index is 0.252. The van der Waals surface area contributed by atoms with Gasteiger partial charge in [-0.2, -0.15) is 0 Å². The molecule has 0 bridgehead atoms. The third kappa shape index (κ3) is 2.63. The van der Waals surface area contributed by atoms with Crippen molar-refractivity contribution < 1.29 is 14.3 Å². The van der Waals surface area contributed by atoms with Gasteiger partial charge in [0.05, 0.1) is 13.7 Å². The largest absolute Gasteiger partial charge is 0.497 e. The second-order valence-corrected chi connectivity index (χ2v) is 5.85. The summed E-state index contributed by atoms with van der Waals surface area (Å²) in [6, 6.07) is 16.9. The van der Waals surface area contributed by atoms with Gasteiger partial charge in [0.25, 0.3) is 0 Å². The molecule has 0 aromatic heterocycles. The lowest BCUT2D eigenvalue weighted by Crippen LogP contribution is -2.26. The van der Waals surface area contributed by atoms with Crippen LogP contribution < -0.4 is 9.64 Å². The van der Waals surface area contributed by atoms with Crippen molar-refractivity contribution in [2.24, 2.45) is 0 Å². The van der Waals surface area contributed by atoms with E-state index in [4.69, 9.17) is 21.1 Å². The maximum Gasteiger partial charge on any atom is 0.350 e. The minimum Gasteiger partial charge on any atom is -0.497 e. The average Bonchev–Trinajstić information content (AvgIpc) is 3.23. The zero-order valence-corrected chi connectivity index (χ0v) is 13.8. The number of rotatable bonds is 5. The van der Waals surface area contributed by atoms with Crippen LogP contribution in [0.15, 0.2) is 54.6 Å². The van der Waals surface area contributed by atoms with Gasteiger partial charge < -0.3 is 14.4 Å². The number of carbonyl (C=O) groups excluding carboxylic acids is 1. The van der Waals surface area contributed by atoms with Gasteiger partial charge in [-0.1, -0.05) is 41.9 Å². The number of methoxy groups -OCH3 is 1. The molecule has 2 atom stereocenters. The molecule has 0 spiro atoms. The van der Waals surface area contributed by atoms with Crippen LogP contribution in [0.5, 0.6) is 5.75 Å². The van der Waals surface area contributed by atoms with Crippen LogP contribution in [0.3, 0.4) is 0 Å². The van der Waals surface area contributed by atoms with Crippen molar-refractivity contribution in [3.8, 4) is 5.75 Å². The van der Waals surface area contributed by atoms with E-state index in [0.29, 0.717) is 6.61 Å². The van der Waals surface area contributed by atoms with E-state index in [1.165, 1.54) is 0 Å². The number of halogens is 1. The molecule has 0 unspecified atom stereocenters. The van der Waals surface area contributed by atoms with Crippen molar-refractivity contribution in [3.05, 3.63) is 60.2 Å². The topological polar surface area (TPSA) is 38.5 Å². The second kappa shape index (κ2) is 6.13. The molecule has 0 radical (unpaired) electrons. The van der Waals surface area contributed by atoms with Gasteiger partial charge >= 0.3 is 5.97 Å². The van der Waals surface area contributed by atoms with Gasteiger partial charge in [0.15, 0.2) is 0 Å². The Kier molecular flexibility index (Phi) is 4.18. The number of esters is 1. The molecule has 23 heavy (non-hydrogen) atoms. The molecular formula is C18H18ClNO3. The molecule has 0 amide bonds. The smallest absolute Gasteiger partial charge is 0.350 e. The Hall–Kier alpha value is -2.20. The predicted molar refractivity (Wildman–Crippen MR) is 89.9 cm³/mol. The fourth-order valence-corrected chi connectivity index (χ4v) is 3.22. The van der Waals surface area contributed by atoms with Crippen LogP contribution in [-0.2, 0) is 9.53 Å².